The molecule has 0 radical (unpaired) electrons. The normalized spacial score (nSPS) is 27.6. The molecule has 2 aliphatic heterocycles. The Balaban J connectivity index is 1.37. The number of nitrogens with zero attached hydrogens (tertiary/aromatic N) is 2. The van der Waals surface area contributed by atoms with Crippen molar-refractivity contribution in [3.05, 3.63) is 65.5 Å². The number of hydrogen-bond acceptors (Lipinski definition) is 6. The third-order valence-electron chi connectivity index (χ3n) is 7.69. The van der Waals surface area contributed by atoms with E-state index in [0.717, 1.165) is 31.1 Å². The molecular formula is C25H25FN4O5S2. The molecule has 2 aromatic rings. The zero-order valence-corrected chi connectivity index (χ0v) is 21.5. The number of fused-ring (bicyclic) bond motifs is 6. The second-order valence-electron chi connectivity index (χ2n) is 10.2. The number of carbonyl (C=O) groups excluding carboxylic acids is 1. The Kier molecular flexibility index (Phi) is 5.46. The number of hydrogen-bond donors (Lipinski definition) is 2. The van der Waals surface area contributed by atoms with E-state index < -0.39 is 20.0 Å². The number of benzene rings is 2. The van der Waals surface area contributed by atoms with E-state index in [1.807, 2.05) is 6.08 Å². The third kappa shape index (κ3) is 4.31. The molecule has 37 heavy (non-hydrogen) atoms. The van der Waals surface area contributed by atoms with Gasteiger partial charge in [0.05, 0.1) is 17.5 Å². The summed E-state index contributed by atoms with van der Waals surface area (Å²) in [6.45, 7) is 0.290. The van der Waals surface area contributed by atoms with Crippen LogP contribution in [0.3, 0.4) is 0 Å². The van der Waals surface area contributed by atoms with Crippen LogP contribution in [0.15, 0.2) is 63.4 Å². The predicted octanol–water partition coefficient (Wildman–Crippen LogP) is 3.09. The van der Waals surface area contributed by atoms with E-state index in [-0.39, 0.29) is 57.9 Å². The zero-order valence-electron chi connectivity index (χ0n) is 19.9. The Morgan fingerprint density at radius 1 is 1.14 bits per heavy atom. The lowest BCUT2D eigenvalue weighted by atomic mass is 9.79. The van der Waals surface area contributed by atoms with Gasteiger partial charge in [0.1, 0.15) is 10.7 Å². The van der Waals surface area contributed by atoms with Crippen LogP contribution in [0.25, 0.3) is 0 Å². The van der Waals surface area contributed by atoms with Gasteiger partial charge in [-0.2, -0.15) is 8.42 Å². The van der Waals surface area contributed by atoms with Gasteiger partial charge in [0.25, 0.3) is 15.9 Å². The first-order chi connectivity index (χ1) is 17.5. The van der Waals surface area contributed by atoms with E-state index in [1.54, 1.807) is 17.0 Å². The van der Waals surface area contributed by atoms with E-state index >= 15 is 0 Å². The molecule has 2 fully saturated rings. The summed E-state index contributed by atoms with van der Waals surface area (Å²) in [7, 11) is -7.82. The van der Waals surface area contributed by atoms with Gasteiger partial charge in [-0.1, -0.05) is 18.2 Å². The second kappa shape index (κ2) is 8.38. The molecule has 0 aromatic heterocycles. The van der Waals surface area contributed by atoms with Gasteiger partial charge in [0.15, 0.2) is 5.84 Å². The molecule has 0 spiro atoms. The summed E-state index contributed by atoms with van der Waals surface area (Å²) >= 11 is 0. The first kappa shape index (κ1) is 24.1. The van der Waals surface area contributed by atoms with Crippen LogP contribution in [0.1, 0.15) is 24.8 Å². The van der Waals surface area contributed by atoms with E-state index in [9.17, 15) is 26.0 Å². The minimum Gasteiger partial charge on any atom is -0.338 e. The van der Waals surface area contributed by atoms with Crippen LogP contribution in [0.2, 0.25) is 0 Å². The highest BCUT2D eigenvalue weighted by Crippen LogP contribution is 2.53. The van der Waals surface area contributed by atoms with E-state index in [1.165, 1.54) is 30.3 Å². The van der Waals surface area contributed by atoms with Crippen molar-refractivity contribution in [1.29, 1.82) is 0 Å². The average molecular weight is 545 g/mol. The van der Waals surface area contributed by atoms with Crippen molar-refractivity contribution < 1.29 is 26.0 Å². The average Bonchev–Trinajstić information content (AvgIpc) is 3.43. The van der Waals surface area contributed by atoms with Gasteiger partial charge in [-0.05, 0) is 67.0 Å². The van der Waals surface area contributed by atoms with Gasteiger partial charge >= 0.3 is 0 Å². The maximum atomic E-state index is 13.8. The molecule has 4 atom stereocenters. The lowest BCUT2D eigenvalue weighted by Gasteiger charge is -2.43. The molecule has 2 aromatic carbocycles. The number of rotatable bonds is 5. The lowest BCUT2D eigenvalue weighted by molar-refractivity contribution is -0.132. The molecule has 2 saturated carbocycles. The molecule has 6 rings (SSSR count). The van der Waals surface area contributed by atoms with Crippen LogP contribution < -0.4 is 10.0 Å². The fraction of sp³-hybridized carbons (Fsp3) is 0.360. The summed E-state index contributed by atoms with van der Waals surface area (Å²) in [4.78, 5) is 15.4. The number of nitrogens with one attached hydrogen (secondary N) is 2. The second-order valence-corrected chi connectivity index (χ2v) is 13.5. The summed E-state index contributed by atoms with van der Waals surface area (Å²) in [5, 5.41) is 2.99. The fourth-order valence-electron chi connectivity index (χ4n) is 6.25. The quantitative estimate of drug-likeness (QED) is 0.596. The van der Waals surface area contributed by atoms with Gasteiger partial charge in [0, 0.05) is 24.2 Å². The molecule has 2 aliphatic carbocycles. The van der Waals surface area contributed by atoms with Crippen molar-refractivity contribution >= 4 is 43.2 Å². The Morgan fingerprint density at radius 2 is 1.86 bits per heavy atom. The van der Waals surface area contributed by atoms with Gasteiger partial charge < -0.3 is 10.2 Å². The van der Waals surface area contributed by atoms with Crippen molar-refractivity contribution in [3.63, 3.8) is 0 Å². The van der Waals surface area contributed by atoms with Crippen molar-refractivity contribution in [3.8, 4) is 0 Å². The number of amides is 1. The molecule has 194 valence electrons. The largest absolute Gasteiger partial charge is 0.338 e. The van der Waals surface area contributed by atoms with Gasteiger partial charge in [0.2, 0.25) is 10.0 Å². The summed E-state index contributed by atoms with van der Waals surface area (Å²) in [6, 6.07) is 10.1. The monoisotopic (exact) mass is 544 g/mol. The highest BCUT2D eigenvalue weighted by molar-refractivity contribution is 7.92. The number of carbonyl (C=O) groups is 1. The first-order valence-electron chi connectivity index (χ1n) is 12.0. The highest BCUT2D eigenvalue weighted by atomic mass is 32.2. The van der Waals surface area contributed by atoms with Crippen LogP contribution in [-0.2, 0) is 31.4 Å². The number of halogens is 1. The molecule has 1 amide bonds. The molecule has 12 heteroatoms. The van der Waals surface area contributed by atoms with Gasteiger partial charge in [-0.3, -0.25) is 9.52 Å². The van der Waals surface area contributed by atoms with E-state index in [0.29, 0.717) is 11.8 Å². The standard InChI is InChI=1S/C25H25FN4O5S2/c1-36(32,33)28-18-8-9-21-22(11-18)37(34,35)29-24(27-21)20-12-19-15-4-5-16(10-15)23(19)30(25(20)31)13-14-2-6-17(26)7-3-14/h2-3,6-9,11-12,15-16,19,23,28H,4-5,10,13H2,1H3,(H,27,29)/t15-,16+,19?,23?/m0/s1. The zero-order chi connectivity index (χ0) is 26.1. The number of amidine groups is 1. The SMILES string of the molecule is CS(=O)(=O)Nc1ccc2c(c1)S(=O)(=O)N=C(C1=CC3C([C@@H]4CC[C@H]3C4)N(Cc3ccc(F)cc3)C1=O)N2. The molecule has 2 unspecified atom stereocenters. The smallest absolute Gasteiger partial charge is 0.286 e. The molecular weight excluding hydrogens is 519 g/mol. The van der Waals surface area contributed by atoms with Crippen molar-refractivity contribution in [2.45, 2.75) is 36.7 Å². The maximum Gasteiger partial charge on any atom is 0.286 e. The van der Waals surface area contributed by atoms with Crippen LogP contribution in [0.5, 0.6) is 0 Å². The topological polar surface area (TPSA) is 125 Å². The minimum atomic E-state index is -4.22. The number of sulfonamides is 2. The predicted molar refractivity (Wildman–Crippen MR) is 136 cm³/mol. The lowest BCUT2D eigenvalue weighted by Crippen LogP contribution is -2.52. The van der Waals surface area contributed by atoms with Crippen LogP contribution in [0.4, 0.5) is 15.8 Å². The summed E-state index contributed by atoms with van der Waals surface area (Å²) in [5.74, 6) is 0.147. The van der Waals surface area contributed by atoms with Crippen molar-refractivity contribution in [2.75, 3.05) is 16.3 Å². The Hall–Kier alpha value is -3.25. The highest BCUT2D eigenvalue weighted by Gasteiger charge is 2.53. The Labute approximate surface area is 214 Å². The molecule has 0 saturated heterocycles. The third-order valence-corrected chi connectivity index (χ3v) is 9.62. The van der Waals surface area contributed by atoms with Crippen molar-refractivity contribution in [1.82, 2.24) is 4.90 Å². The maximum absolute atomic E-state index is 13.8. The van der Waals surface area contributed by atoms with E-state index in [4.69, 9.17) is 0 Å². The van der Waals surface area contributed by atoms with Gasteiger partial charge in [-0.15, -0.1) is 4.40 Å². The van der Waals surface area contributed by atoms with Gasteiger partial charge in [-0.25, -0.2) is 12.8 Å². The molecule has 4 aliphatic rings. The molecule has 9 nitrogen and oxygen atoms in total. The summed E-state index contributed by atoms with van der Waals surface area (Å²) in [5.41, 5.74) is 1.29. The molecule has 2 N–H and O–H groups in total. The Bertz CT molecular complexity index is 1590. The van der Waals surface area contributed by atoms with E-state index in [2.05, 4.69) is 14.4 Å². The molecule has 2 heterocycles. The van der Waals surface area contributed by atoms with Crippen LogP contribution in [0, 0.1) is 23.6 Å². The van der Waals surface area contributed by atoms with Crippen LogP contribution >= 0.6 is 0 Å². The van der Waals surface area contributed by atoms with Crippen molar-refractivity contribution in [2.24, 2.45) is 22.2 Å². The fourth-order valence-corrected chi connectivity index (χ4v) is 7.96. The minimum absolute atomic E-state index is 0.0118. The van der Waals surface area contributed by atoms with Crippen LogP contribution in [-0.4, -0.2) is 45.8 Å². The first-order valence-corrected chi connectivity index (χ1v) is 15.3. The summed E-state index contributed by atoms with van der Waals surface area (Å²) < 4.78 is 69.1. The molecule has 2 bridgehead atoms. The summed E-state index contributed by atoms with van der Waals surface area (Å²) in [6.07, 6.45) is 5.98. The Morgan fingerprint density at radius 3 is 2.59 bits per heavy atom. The number of anilines is 2.